The fraction of sp³-hybridized carbons (Fsp3) is 0.462. The zero-order valence-electron chi connectivity index (χ0n) is 10.7. The normalized spacial score (nSPS) is 22.3. The van der Waals surface area contributed by atoms with Crippen molar-refractivity contribution in [2.75, 3.05) is 0 Å². The second-order valence-electron chi connectivity index (χ2n) is 4.83. The van der Waals surface area contributed by atoms with Crippen LogP contribution < -0.4 is 5.32 Å². The van der Waals surface area contributed by atoms with Crippen LogP contribution in [0.25, 0.3) is 0 Å². The van der Waals surface area contributed by atoms with Crippen molar-refractivity contribution in [1.82, 2.24) is 5.32 Å². The molecule has 1 aliphatic rings. The Kier molecular flexibility index (Phi) is 4.72. The van der Waals surface area contributed by atoms with Crippen LogP contribution in [0.15, 0.2) is 22.7 Å². The standard InChI is InChI=1S/C13H15BrN2O4/c14-12-8(4-3-6-10(12)16(19)20)13(18)15-9-5-1-2-7-11(9)17/h3-4,6,9,11,17H,1-2,5,7H2,(H,15,18). The third kappa shape index (κ3) is 3.16. The van der Waals surface area contributed by atoms with Crippen LogP contribution in [0, 0.1) is 10.1 Å². The van der Waals surface area contributed by atoms with Gasteiger partial charge in [-0.25, -0.2) is 0 Å². The van der Waals surface area contributed by atoms with Gasteiger partial charge in [0.15, 0.2) is 0 Å². The minimum atomic E-state index is -0.551. The highest BCUT2D eigenvalue weighted by Gasteiger charge is 2.26. The first-order valence-electron chi connectivity index (χ1n) is 6.42. The molecule has 2 rings (SSSR count). The van der Waals surface area contributed by atoms with Gasteiger partial charge in [0.05, 0.1) is 22.6 Å². The van der Waals surface area contributed by atoms with Crippen LogP contribution in [0.2, 0.25) is 0 Å². The van der Waals surface area contributed by atoms with E-state index in [1.54, 1.807) is 0 Å². The van der Waals surface area contributed by atoms with Gasteiger partial charge < -0.3 is 10.4 Å². The molecule has 0 heterocycles. The zero-order valence-corrected chi connectivity index (χ0v) is 12.3. The Morgan fingerprint density at radius 3 is 2.75 bits per heavy atom. The molecule has 20 heavy (non-hydrogen) atoms. The first kappa shape index (κ1) is 14.9. The molecular formula is C13H15BrN2O4. The maximum absolute atomic E-state index is 12.2. The molecule has 2 atom stereocenters. The predicted molar refractivity (Wildman–Crippen MR) is 76.5 cm³/mol. The van der Waals surface area contributed by atoms with Crippen LogP contribution in [0.5, 0.6) is 0 Å². The number of nitro benzene ring substituents is 1. The number of carbonyl (C=O) groups excluding carboxylic acids is 1. The monoisotopic (exact) mass is 342 g/mol. The van der Waals surface area contributed by atoms with E-state index in [1.807, 2.05) is 0 Å². The second kappa shape index (κ2) is 6.32. The summed E-state index contributed by atoms with van der Waals surface area (Å²) in [6, 6.07) is 4.02. The smallest absolute Gasteiger partial charge is 0.284 e. The van der Waals surface area contributed by atoms with Crippen LogP contribution in [-0.4, -0.2) is 28.1 Å². The number of hydrogen-bond acceptors (Lipinski definition) is 4. The largest absolute Gasteiger partial charge is 0.391 e. The summed E-state index contributed by atoms with van der Waals surface area (Å²) in [5.74, 6) is -0.411. The summed E-state index contributed by atoms with van der Waals surface area (Å²) >= 11 is 3.10. The van der Waals surface area contributed by atoms with Crippen molar-refractivity contribution in [3.05, 3.63) is 38.3 Å². The molecule has 1 saturated carbocycles. The lowest BCUT2D eigenvalue weighted by atomic mass is 9.92. The Balaban J connectivity index is 2.17. The summed E-state index contributed by atoms with van der Waals surface area (Å²) in [6.45, 7) is 0. The number of nitrogens with one attached hydrogen (secondary N) is 1. The first-order chi connectivity index (χ1) is 9.50. The molecule has 1 aromatic rings. The van der Waals surface area contributed by atoms with Crippen molar-refractivity contribution >= 4 is 27.5 Å². The molecule has 7 heteroatoms. The number of nitrogens with zero attached hydrogens (tertiary/aromatic N) is 1. The van der Waals surface area contributed by atoms with E-state index in [2.05, 4.69) is 21.2 Å². The summed E-state index contributed by atoms with van der Waals surface area (Å²) < 4.78 is 0.160. The second-order valence-corrected chi connectivity index (χ2v) is 5.62. The fourth-order valence-electron chi connectivity index (χ4n) is 2.36. The first-order valence-corrected chi connectivity index (χ1v) is 7.22. The molecule has 0 aliphatic heterocycles. The highest BCUT2D eigenvalue weighted by molar-refractivity contribution is 9.10. The van der Waals surface area contributed by atoms with Gasteiger partial charge in [0.25, 0.3) is 11.6 Å². The molecule has 2 N–H and O–H groups in total. The molecule has 0 bridgehead atoms. The lowest BCUT2D eigenvalue weighted by molar-refractivity contribution is -0.385. The quantitative estimate of drug-likeness (QED) is 0.651. The van der Waals surface area contributed by atoms with Gasteiger partial charge in [-0.15, -0.1) is 0 Å². The molecule has 108 valence electrons. The van der Waals surface area contributed by atoms with Crippen molar-refractivity contribution in [3.8, 4) is 0 Å². The molecule has 2 unspecified atom stereocenters. The SMILES string of the molecule is O=C(NC1CCCCC1O)c1cccc([N+](=O)[O-])c1Br. The Hall–Kier alpha value is -1.47. The molecular weight excluding hydrogens is 328 g/mol. The van der Waals surface area contributed by atoms with Gasteiger partial charge in [0, 0.05) is 6.07 Å². The van der Waals surface area contributed by atoms with E-state index in [9.17, 15) is 20.0 Å². The van der Waals surface area contributed by atoms with Crippen LogP contribution in [0.4, 0.5) is 5.69 Å². The molecule has 0 radical (unpaired) electrons. The zero-order chi connectivity index (χ0) is 14.7. The van der Waals surface area contributed by atoms with E-state index >= 15 is 0 Å². The highest BCUT2D eigenvalue weighted by Crippen LogP contribution is 2.28. The molecule has 1 fully saturated rings. The molecule has 0 spiro atoms. The number of aliphatic hydroxyl groups is 1. The molecule has 1 aliphatic carbocycles. The highest BCUT2D eigenvalue weighted by atomic mass is 79.9. The van der Waals surface area contributed by atoms with Crippen LogP contribution in [-0.2, 0) is 0 Å². The number of nitro groups is 1. The third-order valence-corrected chi connectivity index (χ3v) is 4.30. The number of amides is 1. The van der Waals surface area contributed by atoms with Crippen LogP contribution in [0.3, 0.4) is 0 Å². The Morgan fingerprint density at radius 2 is 2.10 bits per heavy atom. The van der Waals surface area contributed by atoms with E-state index in [1.165, 1.54) is 18.2 Å². The minimum absolute atomic E-state index is 0.151. The van der Waals surface area contributed by atoms with E-state index in [-0.39, 0.29) is 21.8 Å². The molecule has 1 amide bonds. The topological polar surface area (TPSA) is 92.5 Å². The number of aliphatic hydroxyl groups excluding tert-OH is 1. The fourth-order valence-corrected chi connectivity index (χ4v) is 2.95. The molecule has 0 aromatic heterocycles. The number of rotatable bonds is 3. The van der Waals surface area contributed by atoms with Gasteiger partial charge in [-0.3, -0.25) is 14.9 Å². The van der Waals surface area contributed by atoms with Gasteiger partial charge >= 0.3 is 0 Å². The van der Waals surface area contributed by atoms with Gasteiger partial charge in [-0.05, 0) is 34.8 Å². The van der Waals surface area contributed by atoms with Crippen molar-refractivity contribution in [2.45, 2.75) is 37.8 Å². The minimum Gasteiger partial charge on any atom is -0.391 e. The van der Waals surface area contributed by atoms with E-state index in [4.69, 9.17) is 0 Å². The maximum atomic E-state index is 12.2. The van der Waals surface area contributed by atoms with Gasteiger partial charge in [0.1, 0.15) is 4.47 Å². The lowest BCUT2D eigenvalue weighted by Gasteiger charge is -2.28. The van der Waals surface area contributed by atoms with Crippen LogP contribution in [0.1, 0.15) is 36.0 Å². The van der Waals surface area contributed by atoms with E-state index in [0.29, 0.717) is 6.42 Å². The van der Waals surface area contributed by atoms with E-state index < -0.39 is 16.9 Å². The number of benzene rings is 1. The number of hydrogen-bond donors (Lipinski definition) is 2. The van der Waals surface area contributed by atoms with Crippen molar-refractivity contribution in [1.29, 1.82) is 0 Å². The average Bonchev–Trinajstić information content (AvgIpc) is 2.41. The predicted octanol–water partition coefficient (Wildman–Crippen LogP) is 2.39. The maximum Gasteiger partial charge on any atom is 0.284 e. The average molecular weight is 343 g/mol. The Bertz CT molecular complexity index is 535. The Morgan fingerprint density at radius 1 is 1.40 bits per heavy atom. The van der Waals surface area contributed by atoms with Gasteiger partial charge in [-0.1, -0.05) is 18.9 Å². The number of halogens is 1. The third-order valence-electron chi connectivity index (χ3n) is 3.47. The molecule has 6 nitrogen and oxygen atoms in total. The van der Waals surface area contributed by atoms with Gasteiger partial charge in [0.2, 0.25) is 0 Å². The molecule has 0 saturated heterocycles. The Labute approximate surface area is 124 Å². The molecule has 1 aromatic carbocycles. The lowest BCUT2D eigenvalue weighted by Crippen LogP contribution is -2.45. The van der Waals surface area contributed by atoms with Crippen molar-refractivity contribution in [2.24, 2.45) is 0 Å². The van der Waals surface area contributed by atoms with E-state index in [0.717, 1.165) is 19.3 Å². The summed E-state index contributed by atoms with van der Waals surface area (Å²) in [4.78, 5) is 22.5. The van der Waals surface area contributed by atoms with Gasteiger partial charge in [-0.2, -0.15) is 0 Å². The van der Waals surface area contributed by atoms with Crippen LogP contribution >= 0.6 is 15.9 Å². The van der Waals surface area contributed by atoms with Crippen molar-refractivity contribution < 1.29 is 14.8 Å². The summed E-state index contributed by atoms with van der Waals surface area (Å²) in [5.41, 5.74) is 0.0545. The summed E-state index contributed by atoms with van der Waals surface area (Å²) in [7, 11) is 0. The summed E-state index contributed by atoms with van der Waals surface area (Å²) in [5, 5.41) is 23.4. The summed E-state index contributed by atoms with van der Waals surface area (Å²) in [6.07, 6.45) is 2.75. The number of carbonyl (C=O) groups is 1. The van der Waals surface area contributed by atoms with Crippen molar-refractivity contribution in [3.63, 3.8) is 0 Å².